The molecule has 0 aliphatic heterocycles. The molecule has 0 amide bonds. The minimum absolute atomic E-state index is 0.132. The number of hydrogen-bond donors (Lipinski definition) is 0. The Labute approximate surface area is 123 Å². The summed E-state index contributed by atoms with van der Waals surface area (Å²) in [6.07, 6.45) is 4.63. The monoisotopic (exact) mass is 289 g/mol. The van der Waals surface area contributed by atoms with Crippen molar-refractivity contribution in [1.82, 2.24) is 4.98 Å². The van der Waals surface area contributed by atoms with Crippen molar-refractivity contribution in [2.24, 2.45) is 5.92 Å². The van der Waals surface area contributed by atoms with Gasteiger partial charge in [0.1, 0.15) is 10.9 Å². The van der Waals surface area contributed by atoms with E-state index in [0.29, 0.717) is 5.92 Å². The van der Waals surface area contributed by atoms with Crippen molar-refractivity contribution in [2.45, 2.75) is 38.5 Å². The summed E-state index contributed by atoms with van der Waals surface area (Å²) in [7, 11) is 1.47. The molecule has 1 fully saturated rings. The van der Waals surface area contributed by atoms with E-state index in [9.17, 15) is 4.79 Å². The maximum atomic E-state index is 12.2. The zero-order valence-electron chi connectivity index (χ0n) is 11.9. The number of nitrogens with zero attached hydrogens (tertiary/aromatic N) is 1. The van der Waals surface area contributed by atoms with Crippen molar-refractivity contribution in [3.63, 3.8) is 0 Å². The van der Waals surface area contributed by atoms with Crippen LogP contribution in [0.15, 0.2) is 18.2 Å². The van der Waals surface area contributed by atoms with Gasteiger partial charge in [0.05, 0.1) is 17.3 Å². The highest BCUT2D eigenvalue weighted by atomic mass is 32.1. The lowest BCUT2D eigenvalue weighted by atomic mass is 9.91. The summed E-state index contributed by atoms with van der Waals surface area (Å²) in [4.78, 5) is 16.9. The molecular weight excluding hydrogens is 270 g/mol. The Hall–Kier alpha value is -1.42. The number of fused-ring (bicyclic) bond motifs is 1. The number of carbonyl (C=O) groups excluding carboxylic acids is 1. The molecule has 3 nitrogen and oxygen atoms in total. The van der Waals surface area contributed by atoms with Gasteiger partial charge in [-0.25, -0.2) is 4.98 Å². The molecular formula is C16H19NO2S. The van der Waals surface area contributed by atoms with E-state index >= 15 is 0 Å². The standard InChI is InChI=1S/C16H19NO2S/c1-10-7-8-12-13(9-10)20-15(17-12)14(16(18)19-2)11-5-3-4-6-11/h7-9,11,14H,3-6H2,1-2H3. The molecule has 0 bridgehead atoms. The molecule has 1 unspecified atom stereocenters. The summed E-state index contributed by atoms with van der Waals surface area (Å²) in [5, 5.41) is 0.921. The van der Waals surface area contributed by atoms with E-state index in [1.165, 1.54) is 25.5 Å². The Kier molecular flexibility index (Phi) is 3.74. The minimum Gasteiger partial charge on any atom is -0.468 e. The second kappa shape index (κ2) is 5.52. The van der Waals surface area contributed by atoms with Gasteiger partial charge in [-0.3, -0.25) is 4.79 Å². The predicted octanol–water partition coefficient (Wildman–Crippen LogP) is 4.05. The van der Waals surface area contributed by atoms with Gasteiger partial charge in [-0.15, -0.1) is 11.3 Å². The molecule has 1 aromatic carbocycles. The summed E-state index contributed by atoms with van der Waals surface area (Å²) in [6.45, 7) is 2.08. The fourth-order valence-electron chi connectivity index (χ4n) is 3.10. The normalized spacial score (nSPS) is 17.5. The molecule has 0 N–H and O–H groups in total. The molecule has 2 aromatic rings. The van der Waals surface area contributed by atoms with Crippen molar-refractivity contribution in [2.75, 3.05) is 7.11 Å². The third-order valence-corrected chi connectivity index (χ3v) is 5.25. The molecule has 1 saturated carbocycles. The van der Waals surface area contributed by atoms with Gasteiger partial charge in [0.2, 0.25) is 0 Å². The number of hydrogen-bond acceptors (Lipinski definition) is 4. The van der Waals surface area contributed by atoms with Crippen LogP contribution in [0.25, 0.3) is 10.2 Å². The van der Waals surface area contributed by atoms with Gasteiger partial charge in [-0.05, 0) is 43.4 Å². The number of aryl methyl sites for hydroxylation is 1. The van der Waals surface area contributed by atoms with E-state index in [2.05, 4.69) is 24.0 Å². The van der Waals surface area contributed by atoms with Gasteiger partial charge >= 0.3 is 5.97 Å². The van der Waals surface area contributed by atoms with Crippen molar-refractivity contribution < 1.29 is 9.53 Å². The second-order valence-electron chi connectivity index (χ2n) is 5.57. The molecule has 1 atom stereocenters. The van der Waals surface area contributed by atoms with E-state index in [0.717, 1.165) is 28.1 Å². The van der Waals surface area contributed by atoms with Crippen LogP contribution in [0.2, 0.25) is 0 Å². The van der Waals surface area contributed by atoms with E-state index in [-0.39, 0.29) is 11.9 Å². The van der Waals surface area contributed by atoms with Crippen LogP contribution in [0, 0.1) is 12.8 Å². The number of carbonyl (C=O) groups is 1. The molecule has 0 spiro atoms. The van der Waals surface area contributed by atoms with Gasteiger partial charge in [0, 0.05) is 0 Å². The smallest absolute Gasteiger partial charge is 0.315 e. The SMILES string of the molecule is COC(=O)C(c1nc2ccc(C)cc2s1)C1CCCC1. The summed E-state index contributed by atoms with van der Waals surface area (Å²) in [6, 6.07) is 6.24. The molecule has 0 radical (unpaired) electrons. The average Bonchev–Trinajstić information content (AvgIpc) is 3.07. The highest BCUT2D eigenvalue weighted by Crippen LogP contribution is 2.40. The Balaban J connectivity index is 2.01. The first kappa shape index (κ1) is 13.6. The first-order chi connectivity index (χ1) is 9.69. The zero-order valence-corrected chi connectivity index (χ0v) is 12.7. The number of methoxy groups -OCH3 is 1. The van der Waals surface area contributed by atoms with Gasteiger partial charge in [-0.1, -0.05) is 18.9 Å². The largest absolute Gasteiger partial charge is 0.468 e. The van der Waals surface area contributed by atoms with E-state index in [1.54, 1.807) is 11.3 Å². The van der Waals surface area contributed by atoms with Gasteiger partial charge in [-0.2, -0.15) is 0 Å². The lowest BCUT2D eigenvalue weighted by molar-refractivity contribution is -0.143. The number of aromatic nitrogens is 1. The van der Waals surface area contributed by atoms with Crippen LogP contribution in [-0.4, -0.2) is 18.1 Å². The van der Waals surface area contributed by atoms with Crippen molar-refractivity contribution in [3.05, 3.63) is 28.8 Å². The van der Waals surface area contributed by atoms with Gasteiger partial charge in [0.15, 0.2) is 0 Å². The number of thiazole rings is 1. The van der Waals surface area contributed by atoms with Crippen molar-refractivity contribution in [1.29, 1.82) is 0 Å². The van der Waals surface area contributed by atoms with Crippen LogP contribution in [0.5, 0.6) is 0 Å². The van der Waals surface area contributed by atoms with Crippen LogP contribution in [0.4, 0.5) is 0 Å². The number of esters is 1. The zero-order chi connectivity index (χ0) is 14.1. The average molecular weight is 289 g/mol. The van der Waals surface area contributed by atoms with Gasteiger partial charge < -0.3 is 4.74 Å². The summed E-state index contributed by atoms with van der Waals surface area (Å²) in [5.74, 6) is 0.0805. The quantitative estimate of drug-likeness (QED) is 0.800. The van der Waals surface area contributed by atoms with Crippen LogP contribution < -0.4 is 0 Å². The molecule has 0 saturated heterocycles. The molecule has 3 rings (SSSR count). The molecule has 1 aliphatic rings. The first-order valence-corrected chi connectivity index (χ1v) is 7.95. The molecule has 4 heteroatoms. The Morgan fingerprint density at radius 1 is 1.40 bits per heavy atom. The van der Waals surface area contributed by atoms with Gasteiger partial charge in [0.25, 0.3) is 0 Å². The summed E-state index contributed by atoms with van der Waals surface area (Å²) in [5.41, 5.74) is 2.21. The lowest BCUT2D eigenvalue weighted by Gasteiger charge is -2.18. The third kappa shape index (κ3) is 2.44. The van der Waals surface area contributed by atoms with Crippen LogP contribution in [-0.2, 0) is 9.53 Å². The van der Waals surface area contributed by atoms with E-state index in [4.69, 9.17) is 4.74 Å². The van der Waals surface area contributed by atoms with Crippen LogP contribution in [0.1, 0.15) is 42.2 Å². The second-order valence-corrected chi connectivity index (χ2v) is 6.63. The maximum Gasteiger partial charge on any atom is 0.315 e. The Morgan fingerprint density at radius 3 is 2.85 bits per heavy atom. The molecule has 1 aromatic heterocycles. The molecule has 20 heavy (non-hydrogen) atoms. The molecule has 1 heterocycles. The number of ether oxygens (including phenoxy) is 1. The number of benzene rings is 1. The highest BCUT2D eigenvalue weighted by Gasteiger charge is 2.35. The molecule has 1 aliphatic carbocycles. The fraction of sp³-hybridized carbons (Fsp3) is 0.500. The Bertz CT molecular complexity index is 628. The third-order valence-electron chi connectivity index (χ3n) is 4.15. The minimum atomic E-state index is -0.180. The van der Waals surface area contributed by atoms with Crippen LogP contribution >= 0.6 is 11.3 Å². The van der Waals surface area contributed by atoms with Crippen molar-refractivity contribution in [3.8, 4) is 0 Å². The van der Waals surface area contributed by atoms with E-state index in [1.807, 2.05) is 6.07 Å². The topological polar surface area (TPSA) is 39.2 Å². The first-order valence-electron chi connectivity index (χ1n) is 7.14. The Morgan fingerprint density at radius 2 is 2.15 bits per heavy atom. The fourth-order valence-corrected chi connectivity index (χ4v) is 4.34. The summed E-state index contributed by atoms with van der Waals surface area (Å²) >= 11 is 1.64. The van der Waals surface area contributed by atoms with Crippen LogP contribution in [0.3, 0.4) is 0 Å². The highest BCUT2D eigenvalue weighted by molar-refractivity contribution is 7.18. The predicted molar refractivity (Wildman–Crippen MR) is 81.1 cm³/mol. The molecule has 106 valence electrons. The van der Waals surface area contributed by atoms with Crippen molar-refractivity contribution >= 4 is 27.5 Å². The summed E-state index contributed by atoms with van der Waals surface area (Å²) < 4.78 is 6.19. The lowest BCUT2D eigenvalue weighted by Crippen LogP contribution is -2.21. The van der Waals surface area contributed by atoms with E-state index < -0.39 is 0 Å². The number of rotatable bonds is 3. The maximum absolute atomic E-state index is 12.2.